The van der Waals surface area contributed by atoms with Gasteiger partial charge in [-0.25, -0.2) is 9.97 Å². The number of rotatable bonds is 3. The van der Waals surface area contributed by atoms with Gasteiger partial charge in [0.15, 0.2) is 6.10 Å². The normalized spacial score (nSPS) is 13.6. The predicted octanol–water partition coefficient (Wildman–Crippen LogP) is 2.85. The number of ether oxygens (including phenoxy) is 1. The van der Waals surface area contributed by atoms with Gasteiger partial charge in [0.25, 0.3) is 0 Å². The number of aromatic nitrogens is 2. The van der Waals surface area contributed by atoms with Crippen molar-refractivity contribution in [1.82, 2.24) is 9.97 Å². The SMILES string of the molecule is Cc1nc(OC(C)C(F)(F)F)ncc1CCl. The molecular formula is C9H10ClF3N2O. The van der Waals surface area contributed by atoms with E-state index >= 15 is 0 Å². The quantitative estimate of drug-likeness (QED) is 0.778. The van der Waals surface area contributed by atoms with E-state index in [1.54, 1.807) is 6.92 Å². The molecule has 0 aliphatic heterocycles. The first kappa shape index (κ1) is 13.0. The van der Waals surface area contributed by atoms with E-state index in [2.05, 4.69) is 14.7 Å². The number of alkyl halides is 4. The Labute approximate surface area is 95.6 Å². The van der Waals surface area contributed by atoms with Crippen LogP contribution in [0, 0.1) is 6.92 Å². The predicted molar refractivity (Wildman–Crippen MR) is 52.5 cm³/mol. The van der Waals surface area contributed by atoms with Gasteiger partial charge >= 0.3 is 12.2 Å². The summed E-state index contributed by atoms with van der Waals surface area (Å²) < 4.78 is 41.1. The van der Waals surface area contributed by atoms with E-state index in [0.717, 1.165) is 6.92 Å². The van der Waals surface area contributed by atoms with E-state index in [-0.39, 0.29) is 11.9 Å². The van der Waals surface area contributed by atoms with Crippen molar-refractivity contribution in [3.8, 4) is 6.01 Å². The average Bonchev–Trinajstić information content (AvgIpc) is 2.16. The lowest BCUT2D eigenvalue weighted by Crippen LogP contribution is -2.31. The maximum absolute atomic E-state index is 12.2. The molecule has 0 aliphatic carbocycles. The first-order valence-corrected chi connectivity index (χ1v) is 5.00. The van der Waals surface area contributed by atoms with Crippen molar-refractivity contribution < 1.29 is 17.9 Å². The monoisotopic (exact) mass is 254 g/mol. The fourth-order valence-electron chi connectivity index (χ4n) is 0.884. The molecule has 0 amide bonds. The lowest BCUT2D eigenvalue weighted by molar-refractivity contribution is -0.190. The fourth-order valence-corrected chi connectivity index (χ4v) is 1.15. The van der Waals surface area contributed by atoms with Crippen molar-refractivity contribution in [2.45, 2.75) is 32.0 Å². The molecule has 1 rings (SSSR count). The van der Waals surface area contributed by atoms with Gasteiger partial charge in [-0.1, -0.05) is 0 Å². The highest BCUT2D eigenvalue weighted by molar-refractivity contribution is 6.17. The van der Waals surface area contributed by atoms with Gasteiger partial charge in [0.2, 0.25) is 0 Å². The van der Waals surface area contributed by atoms with Crippen LogP contribution in [0.25, 0.3) is 0 Å². The largest absolute Gasteiger partial charge is 0.451 e. The van der Waals surface area contributed by atoms with E-state index in [9.17, 15) is 13.2 Å². The first-order chi connectivity index (χ1) is 7.34. The zero-order valence-electron chi connectivity index (χ0n) is 8.68. The van der Waals surface area contributed by atoms with Gasteiger partial charge < -0.3 is 4.74 Å². The molecule has 0 spiro atoms. The smallest absolute Gasteiger partial charge is 0.425 e. The fraction of sp³-hybridized carbons (Fsp3) is 0.556. The van der Waals surface area contributed by atoms with Gasteiger partial charge in [0.05, 0.1) is 5.88 Å². The van der Waals surface area contributed by atoms with Crippen LogP contribution < -0.4 is 4.74 Å². The molecule has 1 unspecified atom stereocenters. The Balaban J connectivity index is 2.79. The minimum atomic E-state index is -4.43. The van der Waals surface area contributed by atoms with Crippen molar-refractivity contribution in [2.75, 3.05) is 0 Å². The molecule has 0 aliphatic rings. The summed E-state index contributed by atoms with van der Waals surface area (Å²) in [5, 5.41) is 0. The Hall–Kier alpha value is -1.04. The van der Waals surface area contributed by atoms with E-state index in [1.165, 1.54) is 6.20 Å². The molecule has 16 heavy (non-hydrogen) atoms. The molecule has 1 aromatic heterocycles. The second-order valence-corrected chi connectivity index (χ2v) is 3.47. The Morgan fingerprint density at radius 3 is 2.56 bits per heavy atom. The van der Waals surface area contributed by atoms with Crippen LogP contribution in [0.5, 0.6) is 6.01 Å². The van der Waals surface area contributed by atoms with Gasteiger partial charge in [-0.05, 0) is 13.8 Å². The third-order valence-corrected chi connectivity index (χ3v) is 2.23. The van der Waals surface area contributed by atoms with Crippen molar-refractivity contribution in [3.63, 3.8) is 0 Å². The number of hydrogen-bond donors (Lipinski definition) is 0. The minimum absolute atomic E-state index is 0.209. The summed E-state index contributed by atoms with van der Waals surface area (Å²) in [6.45, 7) is 2.53. The van der Waals surface area contributed by atoms with E-state index < -0.39 is 12.3 Å². The Bertz CT molecular complexity index is 370. The lowest BCUT2D eigenvalue weighted by atomic mass is 10.3. The summed E-state index contributed by atoms with van der Waals surface area (Å²) >= 11 is 5.56. The van der Waals surface area contributed by atoms with Gasteiger partial charge in [-0.15, -0.1) is 11.6 Å². The van der Waals surface area contributed by atoms with Gasteiger partial charge in [0.1, 0.15) is 0 Å². The van der Waals surface area contributed by atoms with Crippen molar-refractivity contribution in [3.05, 3.63) is 17.5 Å². The van der Waals surface area contributed by atoms with Crippen LogP contribution in [0.15, 0.2) is 6.20 Å². The van der Waals surface area contributed by atoms with Crippen LogP contribution in [0.3, 0.4) is 0 Å². The third kappa shape index (κ3) is 3.23. The maximum atomic E-state index is 12.2. The Kier molecular flexibility index (Phi) is 3.96. The Morgan fingerprint density at radius 1 is 1.50 bits per heavy atom. The Morgan fingerprint density at radius 2 is 2.12 bits per heavy atom. The molecular weight excluding hydrogens is 245 g/mol. The molecule has 0 saturated heterocycles. The van der Waals surface area contributed by atoms with Crippen LogP contribution in [0.4, 0.5) is 13.2 Å². The van der Waals surface area contributed by atoms with Crippen LogP contribution in [0.2, 0.25) is 0 Å². The third-order valence-electron chi connectivity index (χ3n) is 1.95. The highest BCUT2D eigenvalue weighted by atomic mass is 35.5. The van der Waals surface area contributed by atoms with E-state index in [1.807, 2.05) is 0 Å². The number of aryl methyl sites for hydroxylation is 1. The molecule has 7 heteroatoms. The van der Waals surface area contributed by atoms with Crippen LogP contribution in [0.1, 0.15) is 18.2 Å². The highest BCUT2D eigenvalue weighted by Gasteiger charge is 2.38. The minimum Gasteiger partial charge on any atom is -0.451 e. The van der Waals surface area contributed by atoms with Crippen LogP contribution in [-0.4, -0.2) is 22.2 Å². The number of nitrogens with zero attached hydrogens (tertiary/aromatic N) is 2. The molecule has 0 fully saturated rings. The van der Waals surface area contributed by atoms with Gasteiger partial charge in [-0.2, -0.15) is 13.2 Å². The first-order valence-electron chi connectivity index (χ1n) is 4.46. The van der Waals surface area contributed by atoms with Crippen molar-refractivity contribution in [1.29, 1.82) is 0 Å². The van der Waals surface area contributed by atoms with Crippen molar-refractivity contribution >= 4 is 11.6 Å². The van der Waals surface area contributed by atoms with Gasteiger partial charge in [-0.3, -0.25) is 0 Å². The topological polar surface area (TPSA) is 35.0 Å². The summed E-state index contributed by atoms with van der Waals surface area (Å²) in [7, 11) is 0. The molecule has 0 saturated carbocycles. The molecule has 0 aromatic carbocycles. The standard InChI is InChI=1S/C9H10ClF3N2O/c1-5-7(3-10)4-14-8(15-5)16-6(2)9(11,12)13/h4,6H,3H2,1-2H3. The molecule has 0 bridgehead atoms. The number of hydrogen-bond acceptors (Lipinski definition) is 3. The molecule has 90 valence electrons. The molecule has 1 heterocycles. The van der Waals surface area contributed by atoms with Crippen LogP contribution >= 0.6 is 11.6 Å². The molecule has 0 N–H and O–H groups in total. The average molecular weight is 255 g/mol. The molecule has 0 radical (unpaired) electrons. The summed E-state index contributed by atoms with van der Waals surface area (Å²) in [5.74, 6) is 0.209. The summed E-state index contributed by atoms with van der Waals surface area (Å²) in [6, 6.07) is -0.295. The zero-order chi connectivity index (χ0) is 12.3. The highest BCUT2D eigenvalue weighted by Crippen LogP contribution is 2.23. The van der Waals surface area contributed by atoms with Crippen molar-refractivity contribution in [2.24, 2.45) is 0 Å². The number of halogens is 4. The molecule has 3 nitrogen and oxygen atoms in total. The zero-order valence-corrected chi connectivity index (χ0v) is 9.43. The summed E-state index contributed by atoms with van der Waals surface area (Å²) in [6.07, 6.45) is -5.01. The second-order valence-electron chi connectivity index (χ2n) is 3.20. The summed E-state index contributed by atoms with van der Waals surface area (Å²) in [4.78, 5) is 7.43. The maximum Gasteiger partial charge on any atom is 0.425 e. The van der Waals surface area contributed by atoms with E-state index in [0.29, 0.717) is 11.3 Å². The van der Waals surface area contributed by atoms with Gasteiger partial charge in [0, 0.05) is 17.5 Å². The van der Waals surface area contributed by atoms with E-state index in [4.69, 9.17) is 11.6 Å². The lowest BCUT2D eigenvalue weighted by Gasteiger charge is -2.16. The molecule has 1 atom stereocenters. The summed E-state index contributed by atoms with van der Waals surface area (Å²) in [5.41, 5.74) is 1.17. The second kappa shape index (κ2) is 4.86. The van der Waals surface area contributed by atoms with Crippen LogP contribution in [-0.2, 0) is 5.88 Å². The molecule has 1 aromatic rings.